The number of likely N-dealkylation sites (N-methyl/N-ethyl adjacent to an activating group) is 1. The average Bonchev–Trinajstić information content (AvgIpc) is 3.12. The quantitative estimate of drug-likeness (QED) is 0.840. The lowest BCUT2D eigenvalue weighted by Crippen LogP contribution is -2.37. The van der Waals surface area contributed by atoms with Crippen LogP contribution in [-0.2, 0) is 6.42 Å². The number of hydrogen-bond acceptors (Lipinski definition) is 3. The zero-order valence-electron chi connectivity index (χ0n) is 13.1. The zero-order valence-corrected chi connectivity index (χ0v) is 14.0. The Kier molecular flexibility index (Phi) is 4.91. The van der Waals surface area contributed by atoms with Gasteiger partial charge in [0, 0.05) is 12.5 Å². The standard InChI is InChI=1S/C18H26N2S/c1-3-13-9-10-14(11-13)16(19-4-2)12-18-20-15-7-5-6-8-17(15)21-18/h5-8,13-14,16,19H,3-4,9-12H2,1-2H3. The molecule has 0 spiro atoms. The van der Waals surface area contributed by atoms with Gasteiger partial charge in [0.15, 0.2) is 0 Å². The Hall–Kier alpha value is -0.930. The van der Waals surface area contributed by atoms with Gasteiger partial charge < -0.3 is 5.32 Å². The molecule has 0 amide bonds. The molecule has 1 heterocycles. The summed E-state index contributed by atoms with van der Waals surface area (Å²) < 4.78 is 1.32. The molecule has 21 heavy (non-hydrogen) atoms. The minimum atomic E-state index is 0.604. The van der Waals surface area contributed by atoms with Gasteiger partial charge in [-0.25, -0.2) is 4.98 Å². The van der Waals surface area contributed by atoms with Crippen molar-refractivity contribution >= 4 is 21.6 Å². The number of hydrogen-bond donors (Lipinski definition) is 1. The lowest BCUT2D eigenvalue weighted by Gasteiger charge is -2.23. The van der Waals surface area contributed by atoms with Crippen molar-refractivity contribution < 1.29 is 0 Å². The smallest absolute Gasteiger partial charge is 0.0954 e. The van der Waals surface area contributed by atoms with Gasteiger partial charge in [-0.3, -0.25) is 0 Å². The van der Waals surface area contributed by atoms with Crippen molar-refractivity contribution in [1.29, 1.82) is 0 Å². The second-order valence-electron chi connectivity index (χ2n) is 6.29. The van der Waals surface area contributed by atoms with E-state index in [1.165, 1.54) is 35.4 Å². The molecule has 3 rings (SSSR count). The van der Waals surface area contributed by atoms with Crippen LogP contribution in [-0.4, -0.2) is 17.6 Å². The van der Waals surface area contributed by atoms with E-state index in [2.05, 4.69) is 43.4 Å². The number of rotatable bonds is 6. The Morgan fingerprint density at radius 2 is 2.14 bits per heavy atom. The fourth-order valence-corrected chi connectivity index (χ4v) is 4.74. The summed E-state index contributed by atoms with van der Waals surface area (Å²) >= 11 is 1.87. The molecule has 1 aliphatic rings. The van der Waals surface area contributed by atoms with Gasteiger partial charge in [-0.1, -0.05) is 38.8 Å². The molecule has 1 aromatic carbocycles. The van der Waals surface area contributed by atoms with Crippen LogP contribution >= 0.6 is 11.3 Å². The van der Waals surface area contributed by atoms with Crippen LogP contribution in [0.15, 0.2) is 24.3 Å². The van der Waals surface area contributed by atoms with E-state index < -0.39 is 0 Å². The summed E-state index contributed by atoms with van der Waals surface area (Å²) in [6, 6.07) is 9.10. The summed E-state index contributed by atoms with van der Waals surface area (Å²) in [6.45, 7) is 5.61. The number of nitrogens with one attached hydrogen (secondary N) is 1. The molecule has 114 valence electrons. The van der Waals surface area contributed by atoms with Gasteiger partial charge >= 0.3 is 0 Å². The van der Waals surface area contributed by atoms with Crippen LogP contribution in [0.5, 0.6) is 0 Å². The minimum Gasteiger partial charge on any atom is -0.314 e. The molecule has 2 nitrogen and oxygen atoms in total. The molecule has 1 N–H and O–H groups in total. The monoisotopic (exact) mass is 302 g/mol. The predicted octanol–water partition coefficient (Wildman–Crippen LogP) is 4.64. The van der Waals surface area contributed by atoms with E-state index in [1.54, 1.807) is 0 Å². The van der Waals surface area contributed by atoms with Crippen molar-refractivity contribution in [1.82, 2.24) is 10.3 Å². The molecule has 1 saturated carbocycles. The maximum Gasteiger partial charge on any atom is 0.0954 e. The summed E-state index contributed by atoms with van der Waals surface area (Å²) in [6.07, 6.45) is 6.65. The van der Waals surface area contributed by atoms with Crippen LogP contribution in [0.2, 0.25) is 0 Å². The van der Waals surface area contributed by atoms with Crippen molar-refractivity contribution in [2.24, 2.45) is 11.8 Å². The summed E-state index contributed by atoms with van der Waals surface area (Å²) in [5, 5.41) is 5.02. The fourth-order valence-electron chi connectivity index (χ4n) is 3.71. The molecule has 1 aromatic heterocycles. The fraction of sp³-hybridized carbons (Fsp3) is 0.611. The molecule has 0 bridgehead atoms. The topological polar surface area (TPSA) is 24.9 Å². The highest BCUT2D eigenvalue weighted by molar-refractivity contribution is 7.18. The normalized spacial score (nSPS) is 23.7. The average molecular weight is 302 g/mol. The maximum atomic E-state index is 4.82. The molecule has 3 unspecified atom stereocenters. The molecule has 2 aromatic rings. The summed E-state index contributed by atoms with van der Waals surface area (Å²) in [7, 11) is 0. The number of thiazole rings is 1. The Balaban J connectivity index is 1.72. The van der Waals surface area contributed by atoms with Crippen LogP contribution in [0.3, 0.4) is 0 Å². The van der Waals surface area contributed by atoms with Gasteiger partial charge in [-0.15, -0.1) is 11.3 Å². The molecule has 3 heteroatoms. The van der Waals surface area contributed by atoms with Crippen molar-refractivity contribution in [3.05, 3.63) is 29.3 Å². The van der Waals surface area contributed by atoms with Gasteiger partial charge in [0.25, 0.3) is 0 Å². The van der Waals surface area contributed by atoms with E-state index in [-0.39, 0.29) is 0 Å². The highest BCUT2D eigenvalue weighted by atomic mass is 32.1. The molecular weight excluding hydrogens is 276 g/mol. The highest BCUT2D eigenvalue weighted by Gasteiger charge is 2.30. The summed E-state index contributed by atoms with van der Waals surface area (Å²) in [5.41, 5.74) is 1.16. The summed E-state index contributed by atoms with van der Waals surface area (Å²) in [4.78, 5) is 4.82. The van der Waals surface area contributed by atoms with E-state index in [0.29, 0.717) is 6.04 Å². The first kappa shape index (κ1) is 15.0. The summed E-state index contributed by atoms with van der Waals surface area (Å²) in [5.74, 6) is 1.79. The third-order valence-electron chi connectivity index (χ3n) is 4.93. The van der Waals surface area contributed by atoms with Gasteiger partial charge in [-0.05, 0) is 43.4 Å². The van der Waals surface area contributed by atoms with E-state index in [0.717, 1.165) is 30.3 Å². The molecule has 1 fully saturated rings. The largest absolute Gasteiger partial charge is 0.314 e. The molecule has 0 radical (unpaired) electrons. The van der Waals surface area contributed by atoms with Crippen LogP contribution < -0.4 is 5.32 Å². The second kappa shape index (κ2) is 6.89. The Morgan fingerprint density at radius 3 is 2.86 bits per heavy atom. The lowest BCUT2D eigenvalue weighted by atomic mass is 9.93. The number of para-hydroxylation sites is 1. The van der Waals surface area contributed by atoms with Crippen LogP contribution in [0.25, 0.3) is 10.2 Å². The molecule has 1 aliphatic carbocycles. The van der Waals surface area contributed by atoms with Crippen molar-refractivity contribution in [3.63, 3.8) is 0 Å². The van der Waals surface area contributed by atoms with E-state index >= 15 is 0 Å². The minimum absolute atomic E-state index is 0.604. The van der Waals surface area contributed by atoms with Crippen LogP contribution in [0.1, 0.15) is 44.5 Å². The number of benzene rings is 1. The molecule has 3 atom stereocenters. The first-order valence-electron chi connectivity index (χ1n) is 8.38. The first-order chi connectivity index (χ1) is 10.3. The Bertz CT molecular complexity index is 544. The van der Waals surface area contributed by atoms with Gasteiger partial charge in [0.1, 0.15) is 0 Å². The Labute approximate surface area is 132 Å². The molecular formula is C18H26N2S. The Morgan fingerprint density at radius 1 is 1.29 bits per heavy atom. The van der Waals surface area contributed by atoms with Crippen LogP contribution in [0, 0.1) is 11.8 Å². The first-order valence-corrected chi connectivity index (χ1v) is 9.19. The predicted molar refractivity (Wildman–Crippen MR) is 91.9 cm³/mol. The molecule has 0 aliphatic heterocycles. The lowest BCUT2D eigenvalue weighted by molar-refractivity contribution is 0.349. The number of fused-ring (bicyclic) bond motifs is 1. The van der Waals surface area contributed by atoms with E-state index in [4.69, 9.17) is 4.98 Å². The second-order valence-corrected chi connectivity index (χ2v) is 7.41. The number of nitrogens with zero attached hydrogens (tertiary/aromatic N) is 1. The van der Waals surface area contributed by atoms with Crippen LogP contribution in [0.4, 0.5) is 0 Å². The van der Waals surface area contributed by atoms with Crippen molar-refractivity contribution in [3.8, 4) is 0 Å². The van der Waals surface area contributed by atoms with Crippen molar-refractivity contribution in [2.75, 3.05) is 6.54 Å². The highest BCUT2D eigenvalue weighted by Crippen LogP contribution is 2.36. The molecule has 0 saturated heterocycles. The van der Waals surface area contributed by atoms with Gasteiger partial charge in [0.05, 0.1) is 15.2 Å². The third-order valence-corrected chi connectivity index (χ3v) is 5.99. The van der Waals surface area contributed by atoms with E-state index in [1.807, 2.05) is 11.3 Å². The van der Waals surface area contributed by atoms with Gasteiger partial charge in [-0.2, -0.15) is 0 Å². The number of aromatic nitrogens is 1. The SMILES string of the molecule is CCNC(Cc1nc2ccccc2s1)C1CCC(CC)C1. The van der Waals surface area contributed by atoms with Crippen molar-refractivity contribution in [2.45, 2.75) is 52.0 Å². The van der Waals surface area contributed by atoms with E-state index in [9.17, 15) is 0 Å². The third kappa shape index (κ3) is 3.46. The maximum absolute atomic E-state index is 4.82. The van der Waals surface area contributed by atoms with Gasteiger partial charge in [0.2, 0.25) is 0 Å². The zero-order chi connectivity index (χ0) is 14.7.